The number of benzene rings is 2. The molecule has 0 spiro atoms. The zero-order valence-corrected chi connectivity index (χ0v) is 19.6. The molecule has 0 amide bonds. The summed E-state index contributed by atoms with van der Waals surface area (Å²) in [4.78, 5) is 16.2. The van der Waals surface area contributed by atoms with Crippen molar-refractivity contribution in [2.45, 2.75) is 0 Å². The second kappa shape index (κ2) is 8.52. The van der Waals surface area contributed by atoms with E-state index in [2.05, 4.69) is 18.2 Å². The standard InChI is InChI=1S/C25H17O2PS3/c26-17-20-11-12-21(29-20)22-13-14-23(30-22)24-15-16-25(31-24)28(27,18-7-3-1-4-8-18)19-9-5-2-6-10-19/h1-17H. The Kier molecular flexibility index (Phi) is 5.59. The molecule has 0 saturated carbocycles. The van der Waals surface area contributed by atoms with Gasteiger partial charge in [0.2, 0.25) is 0 Å². The monoisotopic (exact) mass is 476 g/mol. The zero-order valence-electron chi connectivity index (χ0n) is 16.3. The van der Waals surface area contributed by atoms with Crippen LogP contribution in [0.4, 0.5) is 0 Å². The summed E-state index contributed by atoms with van der Waals surface area (Å²) in [5.74, 6) is 0. The lowest BCUT2D eigenvalue weighted by molar-refractivity contribution is 0.112. The van der Waals surface area contributed by atoms with Gasteiger partial charge in [-0.3, -0.25) is 4.79 Å². The van der Waals surface area contributed by atoms with Crippen LogP contribution in [0, 0.1) is 0 Å². The molecule has 5 aromatic rings. The van der Waals surface area contributed by atoms with Gasteiger partial charge in [-0.05, 0) is 36.4 Å². The molecule has 0 saturated heterocycles. The number of rotatable bonds is 6. The van der Waals surface area contributed by atoms with Crippen LogP contribution in [0.5, 0.6) is 0 Å². The summed E-state index contributed by atoms with van der Waals surface area (Å²) in [7, 11) is -2.94. The van der Waals surface area contributed by atoms with Gasteiger partial charge in [0.25, 0.3) is 0 Å². The van der Waals surface area contributed by atoms with Crippen molar-refractivity contribution in [1.82, 2.24) is 0 Å². The summed E-state index contributed by atoms with van der Waals surface area (Å²) in [6.07, 6.45) is 0.888. The Balaban J connectivity index is 1.56. The van der Waals surface area contributed by atoms with Gasteiger partial charge in [0.05, 0.1) is 9.50 Å². The lowest BCUT2D eigenvalue weighted by Crippen LogP contribution is -2.22. The third-order valence-electron chi connectivity index (χ3n) is 4.98. The Morgan fingerprint density at radius 1 is 0.548 bits per heavy atom. The van der Waals surface area contributed by atoms with Gasteiger partial charge in [-0.1, -0.05) is 60.7 Å². The molecule has 0 aliphatic rings. The maximum atomic E-state index is 14.5. The molecule has 3 heterocycles. The quantitative estimate of drug-likeness (QED) is 0.203. The van der Waals surface area contributed by atoms with E-state index in [1.165, 1.54) is 11.3 Å². The zero-order chi connectivity index (χ0) is 21.3. The fourth-order valence-corrected chi connectivity index (χ4v) is 9.93. The highest BCUT2D eigenvalue weighted by atomic mass is 32.1. The summed E-state index contributed by atoms with van der Waals surface area (Å²) in [5.41, 5.74) is 0. The summed E-state index contributed by atoms with van der Waals surface area (Å²) < 4.78 is 15.4. The molecule has 2 aromatic carbocycles. The van der Waals surface area contributed by atoms with Gasteiger partial charge in [0.15, 0.2) is 13.4 Å². The molecular weight excluding hydrogens is 459 g/mol. The van der Waals surface area contributed by atoms with E-state index in [1.54, 1.807) is 22.7 Å². The van der Waals surface area contributed by atoms with Crippen LogP contribution in [0.2, 0.25) is 0 Å². The topological polar surface area (TPSA) is 34.1 Å². The SMILES string of the molecule is O=Cc1ccc(-c2ccc(-c3ccc(P(=O)(c4ccccc4)c4ccccc4)s3)s2)s1. The second-order valence-electron chi connectivity index (χ2n) is 6.90. The van der Waals surface area contributed by atoms with Crippen LogP contribution in [0.25, 0.3) is 19.5 Å². The van der Waals surface area contributed by atoms with E-state index in [-0.39, 0.29) is 0 Å². The van der Waals surface area contributed by atoms with E-state index in [1.807, 2.05) is 78.9 Å². The van der Waals surface area contributed by atoms with Crippen LogP contribution in [-0.4, -0.2) is 6.29 Å². The largest absolute Gasteiger partial charge is 0.308 e. The van der Waals surface area contributed by atoms with Crippen LogP contribution < -0.4 is 15.2 Å². The first-order valence-corrected chi connectivity index (χ1v) is 13.8. The van der Waals surface area contributed by atoms with Gasteiger partial charge in [0.1, 0.15) is 0 Å². The summed E-state index contributed by atoms with van der Waals surface area (Å²) in [6.45, 7) is 0. The van der Waals surface area contributed by atoms with Crippen LogP contribution in [0.1, 0.15) is 9.67 Å². The lowest BCUT2D eigenvalue weighted by atomic mass is 10.3. The fourth-order valence-electron chi connectivity index (χ4n) is 3.46. The van der Waals surface area contributed by atoms with E-state index in [0.29, 0.717) is 0 Å². The van der Waals surface area contributed by atoms with Crippen molar-refractivity contribution >= 4 is 62.7 Å². The van der Waals surface area contributed by atoms with Gasteiger partial charge in [0, 0.05) is 30.1 Å². The maximum absolute atomic E-state index is 14.5. The van der Waals surface area contributed by atoms with Crippen molar-refractivity contribution in [3.63, 3.8) is 0 Å². The first kappa shape index (κ1) is 20.3. The van der Waals surface area contributed by atoms with Crippen LogP contribution in [-0.2, 0) is 4.57 Å². The molecule has 0 N–H and O–H groups in total. The van der Waals surface area contributed by atoms with Gasteiger partial charge < -0.3 is 4.57 Å². The highest BCUT2D eigenvalue weighted by molar-refractivity contribution is 7.89. The Hall–Kier alpha value is -2.56. The molecule has 152 valence electrons. The predicted molar refractivity (Wildman–Crippen MR) is 136 cm³/mol. The van der Waals surface area contributed by atoms with Gasteiger partial charge in [-0.15, -0.1) is 34.0 Å². The summed E-state index contributed by atoms with van der Waals surface area (Å²) in [5, 5.41) is 1.70. The first-order chi connectivity index (χ1) is 15.2. The third kappa shape index (κ3) is 3.79. The maximum Gasteiger partial charge on any atom is 0.180 e. The Labute approximate surface area is 192 Å². The van der Waals surface area contributed by atoms with Gasteiger partial charge in [-0.2, -0.15) is 0 Å². The molecule has 0 aliphatic heterocycles. The van der Waals surface area contributed by atoms with Crippen molar-refractivity contribution in [3.8, 4) is 19.5 Å². The van der Waals surface area contributed by atoms with Crippen LogP contribution >= 0.6 is 41.2 Å². The van der Waals surface area contributed by atoms with Crippen molar-refractivity contribution in [2.24, 2.45) is 0 Å². The molecular formula is C25H17O2PS3. The predicted octanol–water partition coefficient (Wildman–Crippen LogP) is 6.66. The minimum Gasteiger partial charge on any atom is -0.308 e. The van der Waals surface area contributed by atoms with E-state index in [9.17, 15) is 9.36 Å². The number of carbonyl (C=O) groups is 1. The Bertz CT molecular complexity index is 1340. The van der Waals surface area contributed by atoms with E-state index < -0.39 is 7.14 Å². The lowest BCUT2D eigenvalue weighted by Gasteiger charge is -2.17. The second-order valence-corrected chi connectivity index (χ2v) is 13.2. The highest BCUT2D eigenvalue weighted by Gasteiger charge is 2.31. The Morgan fingerprint density at radius 2 is 1.03 bits per heavy atom. The van der Waals surface area contributed by atoms with E-state index in [0.717, 1.165) is 45.9 Å². The minimum atomic E-state index is -2.94. The third-order valence-corrected chi connectivity index (χ3v) is 12.2. The fraction of sp³-hybridized carbons (Fsp3) is 0. The molecule has 2 nitrogen and oxygen atoms in total. The van der Waals surface area contributed by atoms with Crippen LogP contribution in [0.15, 0.2) is 97.1 Å². The van der Waals surface area contributed by atoms with E-state index >= 15 is 0 Å². The molecule has 0 fully saturated rings. The van der Waals surface area contributed by atoms with Gasteiger partial charge >= 0.3 is 0 Å². The molecule has 3 aromatic heterocycles. The first-order valence-electron chi connectivity index (χ1n) is 9.66. The van der Waals surface area contributed by atoms with Crippen LogP contribution in [0.3, 0.4) is 0 Å². The normalized spacial score (nSPS) is 11.5. The number of hydrogen-bond donors (Lipinski definition) is 0. The molecule has 0 radical (unpaired) electrons. The number of thiophene rings is 3. The average Bonchev–Trinajstić information content (AvgIpc) is 3.59. The summed E-state index contributed by atoms with van der Waals surface area (Å²) >= 11 is 4.79. The number of carbonyl (C=O) groups excluding carboxylic acids is 1. The van der Waals surface area contributed by atoms with Crippen molar-refractivity contribution < 1.29 is 9.36 Å². The molecule has 31 heavy (non-hydrogen) atoms. The smallest absolute Gasteiger partial charge is 0.180 e. The minimum absolute atomic E-state index is 0.732. The van der Waals surface area contributed by atoms with E-state index in [4.69, 9.17) is 0 Å². The Morgan fingerprint density at radius 3 is 1.58 bits per heavy atom. The molecule has 6 heteroatoms. The van der Waals surface area contributed by atoms with Crippen molar-refractivity contribution in [1.29, 1.82) is 0 Å². The number of hydrogen-bond acceptors (Lipinski definition) is 5. The summed E-state index contributed by atoms with van der Waals surface area (Å²) in [6, 6.07) is 31.6. The molecule has 0 aliphatic carbocycles. The molecule has 5 rings (SSSR count). The van der Waals surface area contributed by atoms with Crippen molar-refractivity contribution in [2.75, 3.05) is 0 Å². The average molecular weight is 477 g/mol. The number of aldehydes is 1. The molecule has 0 unspecified atom stereocenters. The van der Waals surface area contributed by atoms with Gasteiger partial charge in [-0.25, -0.2) is 0 Å². The van der Waals surface area contributed by atoms with Crippen molar-refractivity contribution in [3.05, 3.63) is 102 Å². The highest BCUT2D eigenvalue weighted by Crippen LogP contribution is 2.47. The molecule has 0 bridgehead atoms. The molecule has 0 atom stereocenters.